The summed E-state index contributed by atoms with van der Waals surface area (Å²) in [5.74, 6) is 3.10. The van der Waals surface area contributed by atoms with Crippen molar-refractivity contribution < 1.29 is 0 Å². The number of hydrogen-bond acceptors (Lipinski definition) is 6. The van der Waals surface area contributed by atoms with Gasteiger partial charge in [-0.2, -0.15) is 5.10 Å². The highest BCUT2D eigenvalue weighted by atomic mass is 15.5. The van der Waals surface area contributed by atoms with E-state index in [-0.39, 0.29) is 0 Å². The summed E-state index contributed by atoms with van der Waals surface area (Å²) < 4.78 is 2.04. The Balaban J connectivity index is 1.57. The van der Waals surface area contributed by atoms with Crippen LogP contribution in [0, 0.1) is 5.92 Å². The maximum Gasteiger partial charge on any atom is 0.180 e. The zero-order chi connectivity index (χ0) is 21.6. The summed E-state index contributed by atoms with van der Waals surface area (Å²) in [7, 11) is 0. The number of aromatic amines is 1. The van der Waals surface area contributed by atoms with Gasteiger partial charge in [0.15, 0.2) is 11.6 Å². The van der Waals surface area contributed by atoms with Crippen LogP contribution in [0.15, 0.2) is 48.5 Å². The third kappa shape index (κ3) is 5.03. The fraction of sp³-hybridized carbons (Fsp3) is 0.348. The number of nitrogens with zero attached hydrogens (tertiary/aromatic N) is 6. The van der Waals surface area contributed by atoms with Gasteiger partial charge in [0.2, 0.25) is 0 Å². The van der Waals surface area contributed by atoms with E-state index in [0.717, 1.165) is 47.6 Å². The van der Waals surface area contributed by atoms with E-state index in [2.05, 4.69) is 64.8 Å². The maximum atomic E-state index is 5.65. The van der Waals surface area contributed by atoms with Crippen molar-refractivity contribution in [2.75, 3.05) is 6.54 Å². The number of hydrogen-bond donors (Lipinski definition) is 2. The van der Waals surface area contributed by atoms with Crippen molar-refractivity contribution in [1.29, 1.82) is 0 Å². The lowest BCUT2D eigenvalue weighted by atomic mass is 9.98. The first-order chi connectivity index (χ1) is 15.1. The molecule has 0 bridgehead atoms. The van der Waals surface area contributed by atoms with Crippen LogP contribution in [0.1, 0.15) is 37.5 Å². The first kappa shape index (κ1) is 20.9. The minimum absolute atomic E-state index is 0.523. The van der Waals surface area contributed by atoms with Crippen molar-refractivity contribution in [3.63, 3.8) is 0 Å². The second kappa shape index (κ2) is 9.61. The number of nitrogens with one attached hydrogen (secondary N) is 1. The van der Waals surface area contributed by atoms with Crippen LogP contribution in [-0.4, -0.2) is 41.9 Å². The van der Waals surface area contributed by atoms with Crippen LogP contribution in [0.5, 0.6) is 0 Å². The monoisotopic (exact) mass is 416 g/mol. The van der Waals surface area contributed by atoms with E-state index >= 15 is 0 Å². The SMILES string of the molecule is CC(C)Cc1nc(CCCN)nn1Cc1ccc(-c2ccccc2-c2nnn[nH]2)cc1. The predicted molar refractivity (Wildman–Crippen MR) is 120 cm³/mol. The number of tetrazole rings is 1. The van der Waals surface area contributed by atoms with Crippen molar-refractivity contribution in [2.24, 2.45) is 11.7 Å². The van der Waals surface area contributed by atoms with Gasteiger partial charge < -0.3 is 5.73 Å². The summed E-state index contributed by atoms with van der Waals surface area (Å²) in [4.78, 5) is 4.76. The minimum Gasteiger partial charge on any atom is -0.330 e. The van der Waals surface area contributed by atoms with E-state index in [9.17, 15) is 0 Å². The molecule has 0 aliphatic heterocycles. The number of rotatable bonds is 9. The summed E-state index contributed by atoms with van der Waals surface area (Å²) in [6.45, 7) is 5.76. The Hall–Kier alpha value is -3.39. The van der Waals surface area contributed by atoms with Crippen molar-refractivity contribution in [3.8, 4) is 22.5 Å². The Bertz CT molecular complexity index is 1100. The molecule has 0 amide bonds. The standard InChI is InChI=1S/C23H28N8/c1-16(2)14-22-25-21(8-5-13-24)28-31(22)15-17-9-11-18(12-10-17)19-6-3-4-7-20(19)23-26-29-30-27-23/h3-4,6-7,9-12,16H,5,8,13-15,24H2,1-2H3,(H,26,27,29,30). The number of aromatic nitrogens is 7. The van der Waals surface area contributed by atoms with E-state index in [1.807, 2.05) is 22.9 Å². The molecule has 0 unspecified atom stereocenters. The van der Waals surface area contributed by atoms with Crippen LogP contribution in [0.2, 0.25) is 0 Å². The lowest BCUT2D eigenvalue weighted by Gasteiger charge is -2.10. The van der Waals surface area contributed by atoms with Crippen LogP contribution < -0.4 is 5.73 Å². The second-order valence-electron chi connectivity index (χ2n) is 8.08. The molecule has 0 aliphatic rings. The molecule has 2 aromatic carbocycles. The third-order valence-corrected chi connectivity index (χ3v) is 5.11. The highest BCUT2D eigenvalue weighted by Gasteiger charge is 2.13. The van der Waals surface area contributed by atoms with Gasteiger partial charge in [-0.15, -0.1) is 5.10 Å². The van der Waals surface area contributed by atoms with Gasteiger partial charge in [0, 0.05) is 18.4 Å². The molecule has 8 nitrogen and oxygen atoms in total. The van der Waals surface area contributed by atoms with Crippen LogP contribution in [0.25, 0.3) is 22.5 Å². The van der Waals surface area contributed by atoms with Crippen LogP contribution in [-0.2, 0) is 19.4 Å². The summed E-state index contributed by atoms with van der Waals surface area (Å²) in [5.41, 5.74) is 10.0. The molecule has 31 heavy (non-hydrogen) atoms. The average molecular weight is 417 g/mol. The molecule has 8 heteroatoms. The molecule has 2 aromatic heterocycles. The van der Waals surface area contributed by atoms with Gasteiger partial charge in [-0.25, -0.2) is 14.8 Å². The van der Waals surface area contributed by atoms with Gasteiger partial charge in [0.1, 0.15) is 5.82 Å². The van der Waals surface area contributed by atoms with Crippen LogP contribution >= 0.6 is 0 Å². The highest BCUT2D eigenvalue weighted by Crippen LogP contribution is 2.29. The highest BCUT2D eigenvalue weighted by molar-refractivity contribution is 5.80. The number of benzene rings is 2. The van der Waals surface area contributed by atoms with Crippen molar-refractivity contribution in [1.82, 2.24) is 35.4 Å². The molecule has 0 fully saturated rings. The molecule has 0 radical (unpaired) electrons. The number of H-pyrrole nitrogens is 1. The molecule has 160 valence electrons. The molecule has 4 aromatic rings. The number of nitrogens with two attached hydrogens (primary N) is 1. The van der Waals surface area contributed by atoms with E-state index in [0.29, 0.717) is 24.8 Å². The minimum atomic E-state index is 0.523. The fourth-order valence-electron chi connectivity index (χ4n) is 3.61. The van der Waals surface area contributed by atoms with Crippen molar-refractivity contribution in [3.05, 3.63) is 65.7 Å². The molecule has 3 N–H and O–H groups in total. The summed E-state index contributed by atoms with van der Waals surface area (Å²) in [5, 5.41) is 19.1. The van der Waals surface area contributed by atoms with E-state index in [1.165, 1.54) is 5.56 Å². The maximum absolute atomic E-state index is 5.65. The average Bonchev–Trinajstić information content (AvgIpc) is 3.43. The lowest BCUT2D eigenvalue weighted by Crippen LogP contribution is -2.09. The Kier molecular flexibility index (Phi) is 6.47. The zero-order valence-electron chi connectivity index (χ0n) is 18.0. The zero-order valence-corrected chi connectivity index (χ0v) is 18.0. The normalized spacial score (nSPS) is 11.4. The lowest BCUT2D eigenvalue weighted by molar-refractivity contribution is 0.562. The Morgan fingerprint density at radius 1 is 1.03 bits per heavy atom. The first-order valence-electron chi connectivity index (χ1n) is 10.7. The first-order valence-corrected chi connectivity index (χ1v) is 10.7. The summed E-state index contributed by atoms with van der Waals surface area (Å²) >= 11 is 0. The van der Waals surface area contributed by atoms with Crippen LogP contribution in [0.3, 0.4) is 0 Å². The quantitative estimate of drug-likeness (QED) is 0.433. The number of aryl methyl sites for hydroxylation is 1. The van der Waals surface area contributed by atoms with E-state index < -0.39 is 0 Å². The van der Waals surface area contributed by atoms with Gasteiger partial charge in [-0.05, 0) is 46.0 Å². The van der Waals surface area contributed by atoms with E-state index in [1.54, 1.807) is 0 Å². The van der Waals surface area contributed by atoms with E-state index in [4.69, 9.17) is 15.8 Å². The van der Waals surface area contributed by atoms with Gasteiger partial charge in [-0.3, -0.25) is 0 Å². The molecule has 0 atom stereocenters. The van der Waals surface area contributed by atoms with Crippen LogP contribution in [0.4, 0.5) is 0 Å². The molecule has 0 saturated carbocycles. The van der Waals surface area contributed by atoms with Gasteiger partial charge >= 0.3 is 0 Å². The molecule has 2 heterocycles. The Morgan fingerprint density at radius 3 is 2.48 bits per heavy atom. The Labute approximate surface area is 181 Å². The van der Waals surface area contributed by atoms with Gasteiger partial charge in [0.05, 0.1) is 6.54 Å². The summed E-state index contributed by atoms with van der Waals surface area (Å²) in [6.07, 6.45) is 2.63. The van der Waals surface area contributed by atoms with Gasteiger partial charge in [0.25, 0.3) is 0 Å². The molecule has 0 aliphatic carbocycles. The third-order valence-electron chi connectivity index (χ3n) is 5.11. The topological polar surface area (TPSA) is 111 Å². The van der Waals surface area contributed by atoms with Crippen molar-refractivity contribution >= 4 is 0 Å². The molecule has 4 rings (SSSR count). The largest absolute Gasteiger partial charge is 0.330 e. The second-order valence-corrected chi connectivity index (χ2v) is 8.08. The van der Waals surface area contributed by atoms with Gasteiger partial charge in [-0.1, -0.05) is 62.4 Å². The molecule has 0 saturated heterocycles. The fourth-order valence-corrected chi connectivity index (χ4v) is 3.61. The Morgan fingerprint density at radius 2 is 1.81 bits per heavy atom. The molecule has 0 spiro atoms. The smallest absolute Gasteiger partial charge is 0.180 e. The molecular formula is C23H28N8. The van der Waals surface area contributed by atoms with Crippen molar-refractivity contribution in [2.45, 2.75) is 39.7 Å². The summed E-state index contributed by atoms with van der Waals surface area (Å²) in [6, 6.07) is 16.7. The predicted octanol–water partition coefficient (Wildman–Crippen LogP) is 3.26. The molecular weight excluding hydrogens is 388 g/mol.